The molecule has 4 nitrogen and oxygen atoms in total. The number of para-hydroxylation sites is 2. The van der Waals surface area contributed by atoms with E-state index in [1.165, 1.54) is 6.92 Å². The van der Waals surface area contributed by atoms with Crippen molar-refractivity contribution in [2.75, 3.05) is 16.8 Å². The standard InChI is InChI=1S/C21H26N2O2/c1-16(24)23(19-13-9-8-12-18(19)21(2,3)4)15-14-20(25)22-17-10-6-5-7-11-17/h5-13H,14-15H2,1-4H3,(H,22,25). The Morgan fingerprint density at radius 2 is 1.56 bits per heavy atom. The second-order valence-electron chi connectivity index (χ2n) is 7.10. The van der Waals surface area contributed by atoms with Crippen LogP contribution in [-0.2, 0) is 15.0 Å². The number of rotatable bonds is 5. The summed E-state index contributed by atoms with van der Waals surface area (Å²) in [5, 5.41) is 2.86. The average Bonchev–Trinajstić information content (AvgIpc) is 2.55. The van der Waals surface area contributed by atoms with Gasteiger partial charge in [-0.1, -0.05) is 57.2 Å². The Labute approximate surface area is 149 Å². The molecule has 0 aliphatic heterocycles. The molecule has 0 heterocycles. The largest absolute Gasteiger partial charge is 0.326 e. The summed E-state index contributed by atoms with van der Waals surface area (Å²) in [6.45, 7) is 8.24. The predicted molar refractivity (Wildman–Crippen MR) is 103 cm³/mol. The zero-order valence-corrected chi connectivity index (χ0v) is 15.4. The van der Waals surface area contributed by atoms with Crippen LogP contribution in [0.3, 0.4) is 0 Å². The van der Waals surface area contributed by atoms with Gasteiger partial charge in [-0.2, -0.15) is 0 Å². The van der Waals surface area contributed by atoms with Crippen LogP contribution in [0.4, 0.5) is 11.4 Å². The summed E-state index contributed by atoms with van der Waals surface area (Å²) in [6, 6.07) is 17.2. The first kappa shape index (κ1) is 18.7. The third-order valence-electron chi connectivity index (χ3n) is 4.00. The molecule has 0 fully saturated rings. The van der Waals surface area contributed by atoms with Gasteiger partial charge < -0.3 is 10.2 Å². The minimum absolute atomic E-state index is 0.0655. The molecule has 2 aromatic rings. The normalized spacial score (nSPS) is 11.0. The topological polar surface area (TPSA) is 49.4 Å². The summed E-state index contributed by atoms with van der Waals surface area (Å²) < 4.78 is 0. The van der Waals surface area contributed by atoms with E-state index in [-0.39, 0.29) is 23.7 Å². The molecule has 0 unspecified atom stereocenters. The number of hydrogen-bond acceptors (Lipinski definition) is 2. The molecule has 25 heavy (non-hydrogen) atoms. The maximum absolute atomic E-state index is 12.2. The van der Waals surface area contributed by atoms with Gasteiger partial charge in [0.25, 0.3) is 0 Å². The van der Waals surface area contributed by atoms with Crippen molar-refractivity contribution in [1.82, 2.24) is 0 Å². The van der Waals surface area contributed by atoms with Gasteiger partial charge in [0.05, 0.1) is 0 Å². The lowest BCUT2D eigenvalue weighted by Crippen LogP contribution is -2.34. The van der Waals surface area contributed by atoms with Gasteiger partial charge in [0.15, 0.2) is 0 Å². The second-order valence-corrected chi connectivity index (χ2v) is 7.10. The van der Waals surface area contributed by atoms with Crippen molar-refractivity contribution >= 4 is 23.2 Å². The molecule has 0 saturated carbocycles. The maximum Gasteiger partial charge on any atom is 0.226 e. The van der Waals surface area contributed by atoms with E-state index in [4.69, 9.17) is 0 Å². The van der Waals surface area contributed by atoms with Crippen molar-refractivity contribution in [2.24, 2.45) is 0 Å². The van der Waals surface area contributed by atoms with Crippen molar-refractivity contribution in [3.63, 3.8) is 0 Å². The summed E-state index contributed by atoms with van der Waals surface area (Å²) in [7, 11) is 0. The van der Waals surface area contributed by atoms with Crippen molar-refractivity contribution < 1.29 is 9.59 Å². The number of carbonyl (C=O) groups excluding carboxylic acids is 2. The monoisotopic (exact) mass is 338 g/mol. The van der Waals surface area contributed by atoms with E-state index in [1.54, 1.807) is 4.90 Å². The number of hydrogen-bond donors (Lipinski definition) is 1. The number of amides is 2. The molecule has 0 bridgehead atoms. The first-order chi connectivity index (χ1) is 11.8. The van der Waals surface area contributed by atoms with E-state index in [9.17, 15) is 9.59 Å². The van der Waals surface area contributed by atoms with Crippen LogP contribution in [0, 0.1) is 0 Å². The van der Waals surface area contributed by atoms with Crippen LogP contribution < -0.4 is 10.2 Å². The van der Waals surface area contributed by atoms with E-state index in [0.29, 0.717) is 6.54 Å². The summed E-state index contributed by atoms with van der Waals surface area (Å²) in [5.74, 6) is -0.171. The molecule has 0 radical (unpaired) electrons. The molecule has 0 saturated heterocycles. The first-order valence-corrected chi connectivity index (χ1v) is 8.51. The van der Waals surface area contributed by atoms with Gasteiger partial charge in [-0.3, -0.25) is 9.59 Å². The van der Waals surface area contributed by atoms with Crippen molar-refractivity contribution in [1.29, 1.82) is 0 Å². The summed E-state index contributed by atoms with van der Waals surface area (Å²) in [6.07, 6.45) is 0.243. The smallest absolute Gasteiger partial charge is 0.226 e. The lowest BCUT2D eigenvalue weighted by atomic mass is 9.85. The van der Waals surface area contributed by atoms with E-state index in [2.05, 4.69) is 26.1 Å². The van der Waals surface area contributed by atoms with Crippen LogP contribution in [0.2, 0.25) is 0 Å². The van der Waals surface area contributed by atoms with Crippen molar-refractivity contribution in [2.45, 2.75) is 39.5 Å². The van der Waals surface area contributed by atoms with Crippen LogP contribution in [0.15, 0.2) is 54.6 Å². The molecule has 0 aromatic heterocycles. The molecule has 4 heteroatoms. The highest BCUT2D eigenvalue weighted by atomic mass is 16.2. The Kier molecular flexibility index (Phi) is 5.97. The molecule has 1 N–H and O–H groups in total. The fraction of sp³-hybridized carbons (Fsp3) is 0.333. The number of anilines is 2. The minimum atomic E-state index is -0.106. The van der Waals surface area contributed by atoms with Crippen molar-refractivity contribution in [3.05, 3.63) is 60.2 Å². The third-order valence-corrected chi connectivity index (χ3v) is 4.00. The predicted octanol–water partition coefficient (Wildman–Crippen LogP) is 4.37. The maximum atomic E-state index is 12.2. The quantitative estimate of drug-likeness (QED) is 0.880. The zero-order valence-electron chi connectivity index (χ0n) is 15.4. The SMILES string of the molecule is CC(=O)N(CCC(=O)Nc1ccccc1)c1ccccc1C(C)(C)C. The Hall–Kier alpha value is -2.62. The Morgan fingerprint density at radius 3 is 2.16 bits per heavy atom. The van der Waals surface area contributed by atoms with Crippen LogP contribution in [0.5, 0.6) is 0 Å². The molecule has 2 aromatic carbocycles. The number of nitrogens with zero attached hydrogens (tertiary/aromatic N) is 1. The van der Waals surface area contributed by atoms with E-state index >= 15 is 0 Å². The lowest BCUT2D eigenvalue weighted by Gasteiger charge is -2.29. The van der Waals surface area contributed by atoms with Crippen LogP contribution in [-0.4, -0.2) is 18.4 Å². The number of nitrogens with one attached hydrogen (secondary N) is 1. The fourth-order valence-electron chi connectivity index (χ4n) is 2.75. The minimum Gasteiger partial charge on any atom is -0.326 e. The highest BCUT2D eigenvalue weighted by Gasteiger charge is 2.23. The van der Waals surface area contributed by atoms with Gasteiger partial charge in [-0.05, 0) is 29.2 Å². The van der Waals surface area contributed by atoms with E-state index in [1.807, 2.05) is 54.6 Å². The Bertz CT molecular complexity index is 733. The number of carbonyl (C=O) groups is 2. The highest BCUT2D eigenvalue weighted by Crippen LogP contribution is 2.32. The molecule has 2 rings (SSSR count). The van der Waals surface area contributed by atoms with Gasteiger partial charge in [-0.15, -0.1) is 0 Å². The molecule has 132 valence electrons. The lowest BCUT2D eigenvalue weighted by molar-refractivity contribution is -0.117. The number of benzene rings is 2. The molecule has 0 aliphatic rings. The van der Waals surface area contributed by atoms with Gasteiger partial charge in [-0.25, -0.2) is 0 Å². The molecule has 0 aliphatic carbocycles. The van der Waals surface area contributed by atoms with Gasteiger partial charge in [0.2, 0.25) is 11.8 Å². The molecule has 0 atom stereocenters. The van der Waals surface area contributed by atoms with Gasteiger partial charge in [0.1, 0.15) is 0 Å². The van der Waals surface area contributed by atoms with Gasteiger partial charge >= 0.3 is 0 Å². The summed E-state index contributed by atoms with van der Waals surface area (Å²) in [4.78, 5) is 26.1. The molecular weight excluding hydrogens is 312 g/mol. The average molecular weight is 338 g/mol. The van der Waals surface area contributed by atoms with Crippen LogP contribution in [0.25, 0.3) is 0 Å². The third kappa shape index (κ3) is 5.18. The first-order valence-electron chi connectivity index (χ1n) is 8.51. The van der Waals surface area contributed by atoms with Gasteiger partial charge in [0, 0.05) is 31.3 Å². The Balaban J connectivity index is 2.12. The summed E-state index contributed by atoms with van der Waals surface area (Å²) >= 11 is 0. The zero-order chi connectivity index (χ0) is 18.4. The van der Waals surface area contributed by atoms with Crippen molar-refractivity contribution in [3.8, 4) is 0 Å². The highest BCUT2D eigenvalue weighted by molar-refractivity contribution is 5.95. The van der Waals surface area contributed by atoms with Crippen LogP contribution in [0.1, 0.15) is 39.7 Å². The molecular formula is C21H26N2O2. The van der Waals surface area contributed by atoms with E-state index in [0.717, 1.165) is 16.9 Å². The summed E-state index contributed by atoms with van der Waals surface area (Å²) in [5.41, 5.74) is 2.64. The Morgan fingerprint density at radius 1 is 0.960 bits per heavy atom. The fourth-order valence-corrected chi connectivity index (χ4v) is 2.75. The second kappa shape index (κ2) is 7.97. The molecule has 0 spiro atoms. The van der Waals surface area contributed by atoms with E-state index < -0.39 is 0 Å². The van der Waals surface area contributed by atoms with Crippen LogP contribution >= 0.6 is 0 Å². The molecule has 2 amide bonds.